The monoisotopic (exact) mass is 557 g/mol. The third-order valence-electron chi connectivity index (χ3n) is 5.19. The van der Waals surface area contributed by atoms with Gasteiger partial charge < -0.3 is 12.4 Å². The number of anilines is 2. The molecule has 1 heterocycles. The number of nitrogens with two attached hydrogens (primary N) is 1. The molecule has 0 spiro atoms. The zero-order valence-corrected chi connectivity index (χ0v) is 20.7. The van der Waals surface area contributed by atoms with E-state index < -0.39 is 0 Å². The van der Waals surface area contributed by atoms with Gasteiger partial charge in [0.2, 0.25) is 0 Å². The molecule has 1 aliphatic rings. The van der Waals surface area contributed by atoms with Crippen molar-refractivity contribution in [3.8, 4) is 6.07 Å². The van der Waals surface area contributed by atoms with E-state index in [1.165, 1.54) is 0 Å². The van der Waals surface area contributed by atoms with Crippen molar-refractivity contribution in [1.29, 1.82) is 5.26 Å². The third-order valence-corrected chi connectivity index (χ3v) is 6.62. The van der Waals surface area contributed by atoms with E-state index in [0.717, 1.165) is 38.0 Å². The molecule has 5 rings (SSSR count). The standard InChI is InChI=1S/C24H14BrCl2N5.ClH/c25-20-10-12-23(19-4-2-1-3-18(19)20)32-30-24(16-7-11-21(26)22(27)13-16)29-31(32)17-8-5-15(14-28)6-9-17;/h1-13H,(H,29,30);1H. The van der Waals surface area contributed by atoms with Crippen LogP contribution in [0.5, 0.6) is 0 Å². The molecule has 0 radical (unpaired) electrons. The number of hydrogen-bond donors (Lipinski definition) is 1. The van der Waals surface area contributed by atoms with Crippen molar-refractivity contribution in [2.24, 2.45) is 5.10 Å². The summed E-state index contributed by atoms with van der Waals surface area (Å²) in [7, 11) is 0. The van der Waals surface area contributed by atoms with Crippen LogP contribution in [-0.4, -0.2) is 5.84 Å². The van der Waals surface area contributed by atoms with Crippen LogP contribution in [0.15, 0.2) is 88.4 Å². The number of amidine groups is 1. The van der Waals surface area contributed by atoms with E-state index in [1.54, 1.807) is 24.3 Å². The first kappa shape index (κ1) is 23.4. The van der Waals surface area contributed by atoms with Gasteiger partial charge in [0.15, 0.2) is 0 Å². The van der Waals surface area contributed by atoms with Crippen LogP contribution in [0.3, 0.4) is 0 Å². The normalized spacial score (nSPS) is 13.0. The van der Waals surface area contributed by atoms with E-state index in [0.29, 0.717) is 15.6 Å². The van der Waals surface area contributed by atoms with Gasteiger partial charge in [0, 0.05) is 9.86 Å². The molecular formula is C24H15BrCl3N5. The smallest absolute Gasteiger partial charge is 0.277 e. The van der Waals surface area contributed by atoms with Crippen LogP contribution in [0.2, 0.25) is 10.0 Å². The molecule has 0 bridgehead atoms. The van der Waals surface area contributed by atoms with Gasteiger partial charge in [-0.1, -0.05) is 68.5 Å². The maximum absolute atomic E-state index is 9.17. The molecule has 0 fully saturated rings. The van der Waals surface area contributed by atoms with Crippen molar-refractivity contribution in [3.63, 3.8) is 0 Å². The van der Waals surface area contributed by atoms with E-state index in [-0.39, 0.29) is 12.4 Å². The van der Waals surface area contributed by atoms with Crippen LogP contribution in [0.4, 0.5) is 11.4 Å². The van der Waals surface area contributed by atoms with Gasteiger partial charge in [0.1, 0.15) is 5.69 Å². The van der Waals surface area contributed by atoms with Crippen LogP contribution < -0.4 is 28.1 Å². The summed E-state index contributed by atoms with van der Waals surface area (Å²) in [5.74, 6) is 0.736. The summed E-state index contributed by atoms with van der Waals surface area (Å²) in [6.45, 7) is 0. The molecule has 9 heteroatoms. The van der Waals surface area contributed by atoms with Crippen LogP contribution in [-0.2, 0) is 0 Å². The van der Waals surface area contributed by atoms with Crippen molar-refractivity contribution in [2.45, 2.75) is 0 Å². The average molecular weight is 560 g/mol. The average Bonchev–Trinajstić information content (AvgIpc) is 3.26. The first-order chi connectivity index (χ1) is 15.5. The maximum atomic E-state index is 9.17. The number of hydrazone groups is 1. The molecule has 0 unspecified atom stereocenters. The number of benzene rings is 4. The Hall–Kier alpha value is -2.79. The fourth-order valence-corrected chi connectivity index (χ4v) is 4.38. The highest BCUT2D eigenvalue weighted by atomic mass is 79.9. The molecule has 0 aliphatic carbocycles. The van der Waals surface area contributed by atoms with Crippen molar-refractivity contribution in [2.75, 3.05) is 10.2 Å². The highest BCUT2D eigenvalue weighted by molar-refractivity contribution is 9.10. The minimum absolute atomic E-state index is 0. The van der Waals surface area contributed by atoms with Crippen LogP contribution in [0.1, 0.15) is 11.1 Å². The molecule has 5 nitrogen and oxygen atoms in total. The first-order valence-corrected chi connectivity index (χ1v) is 11.3. The Kier molecular flexibility index (Phi) is 6.80. The lowest BCUT2D eigenvalue weighted by atomic mass is 10.1. The molecule has 33 heavy (non-hydrogen) atoms. The Bertz CT molecular complexity index is 1420. The summed E-state index contributed by atoms with van der Waals surface area (Å²) >= 11 is 16.0. The zero-order chi connectivity index (χ0) is 22.2. The highest BCUT2D eigenvalue weighted by Gasteiger charge is 2.32. The number of hydrazine groups is 1. The van der Waals surface area contributed by atoms with Gasteiger partial charge in [-0.25, -0.2) is 0 Å². The highest BCUT2D eigenvalue weighted by Crippen LogP contribution is 2.34. The quantitative estimate of drug-likeness (QED) is 0.393. The molecule has 4 aromatic rings. The molecule has 0 saturated carbocycles. The minimum Gasteiger partial charge on any atom is -1.00 e. The SMILES string of the molecule is N#Cc1ccc(N2N=C(c3ccc(Cl)c(Cl)c3)[NH2+]N2c2ccc(Br)c3ccccc23)cc1.[Cl-]. The van der Waals surface area contributed by atoms with Gasteiger partial charge in [-0.15, -0.1) is 10.2 Å². The fourth-order valence-electron chi connectivity index (χ4n) is 3.60. The number of fused-ring (bicyclic) bond motifs is 1. The van der Waals surface area contributed by atoms with Gasteiger partial charge in [-0.3, -0.25) is 0 Å². The molecule has 2 N–H and O–H groups in total. The van der Waals surface area contributed by atoms with Crippen LogP contribution in [0, 0.1) is 11.3 Å². The Morgan fingerprint density at radius 3 is 2.30 bits per heavy atom. The van der Waals surface area contributed by atoms with Crippen molar-refractivity contribution < 1.29 is 17.8 Å². The fraction of sp³-hybridized carbons (Fsp3) is 0. The Labute approximate surface area is 215 Å². The molecule has 0 amide bonds. The summed E-state index contributed by atoms with van der Waals surface area (Å²) in [5, 5.41) is 21.0. The zero-order valence-electron chi connectivity index (χ0n) is 16.9. The second-order valence-corrected chi connectivity index (χ2v) is 8.82. The van der Waals surface area contributed by atoms with Gasteiger partial charge in [0.05, 0.1) is 32.9 Å². The Morgan fingerprint density at radius 1 is 0.879 bits per heavy atom. The van der Waals surface area contributed by atoms with Gasteiger partial charge in [0.25, 0.3) is 5.84 Å². The molecular weight excluding hydrogens is 545 g/mol. The lowest BCUT2D eigenvalue weighted by Gasteiger charge is -2.25. The predicted octanol–water partition coefficient (Wildman–Crippen LogP) is 2.87. The maximum Gasteiger partial charge on any atom is 0.277 e. The third kappa shape index (κ3) is 4.39. The second-order valence-electron chi connectivity index (χ2n) is 7.15. The van der Waals surface area contributed by atoms with Gasteiger partial charge in [-0.2, -0.15) is 10.7 Å². The molecule has 0 saturated heterocycles. The topological polar surface area (TPSA) is 59.2 Å². The molecule has 1 aliphatic heterocycles. The summed E-state index contributed by atoms with van der Waals surface area (Å²) in [5.41, 5.74) is 5.19. The largest absolute Gasteiger partial charge is 1.00 e. The summed E-state index contributed by atoms with van der Waals surface area (Å²) in [6, 6.07) is 27.2. The van der Waals surface area contributed by atoms with E-state index in [2.05, 4.69) is 34.1 Å². The number of halogens is 4. The number of nitrogens with zero attached hydrogens (tertiary/aromatic N) is 4. The Balaban J connectivity index is 0.00000259. The second kappa shape index (κ2) is 9.60. The lowest BCUT2D eigenvalue weighted by molar-refractivity contribution is -0.545. The minimum atomic E-state index is 0. The Morgan fingerprint density at radius 2 is 1.61 bits per heavy atom. The van der Waals surface area contributed by atoms with E-state index in [4.69, 9.17) is 28.3 Å². The van der Waals surface area contributed by atoms with Gasteiger partial charge >= 0.3 is 0 Å². The number of quaternary nitrogens is 1. The van der Waals surface area contributed by atoms with Crippen LogP contribution in [0.25, 0.3) is 10.8 Å². The summed E-state index contributed by atoms with van der Waals surface area (Å²) in [4.78, 5) is 0. The molecule has 0 aromatic heterocycles. The first-order valence-electron chi connectivity index (χ1n) is 9.71. The number of rotatable bonds is 3. The van der Waals surface area contributed by atoms with E-state index in [1.807, 2.05) is 58.1 Å². The van der Waals surface area contributed by atoms with Crippen molar-refractivity contribution in [1.82, 2.24) is 0 Å². The lowest BCUT2D eigenvalue weighted by Crippen LogP contribution is -3.00. The van der Waals surface area contributed by atoms with Crippen molar-refractivity contribution >= 4 is 67.1 Å². The molecule has 0 atom stereocenters. The molecule has 164 valence electrons. The summed E-state index contributed by atoms with van der Waals surface area (Å²) < 4.78 is 1.02. The van der Waals surface area contributed by atoms with Crippen LogP contribution >= 0.6 is 39.1 Å². The van der Waals surface area contributed by atoms with Gasteiger partial charge in [-0.05, 0) is 60.0 Å². The molecule has 4 aromatic carbocycles. The van der Waals surface area contributed by atoms with Crippen molar-refractivity contribution in [3.05, 3.63) is 105 Å². The number of nitriles is 1. The van der Waals surface area contributed by atoms with E-state index >= 15 is 0 Å². The number of hydrogen-bond acceptors (Lipinski definition) is 4. The predicted molar refractivity (Wildman–Crippen MR) is 133 cm³/mol. The summed E-state index contributed by atoms with van der Waals surface area (Å²) in [6.07, 6.45) is 0. The van der Waals surface area contributed by atoms with E-state index in [9.17, 15) is 5.26 Å².